The van der Waals surface area contributed by atoms with Crippen molar-refractivity contribution in [3.63, 3.8) is 0 Å². The van der Waals surface area contributed by atoms with Crippen LogP contribution in [0.2, 0.25) is 0 Å². The van der Waals surface area contributed by atoms with E-state index in [1.807, 2.05) is 0 Å². The summed E-state index contributed by atoms with van der Waals surface area (Å²) in [6.07, 6.45) is 8.76. The minimum Gasteiger partial charge on any atom is -0.314 e. The Morgan fingerprint density at radius 1 is 1.36 bits per heavy atom. The zero-order chi connectivity index (χ0) is 7.73. The highest BCUT2D eigenvalue weighted by molar-refractivity contribution is 5.01. The molecular weight excluding hydrogens is 134 g/mol. The molecule has 1 heteroatoms. The minimum absolute atomic E-state index is 0.853. The first-order chi connectivity index (χ1) is 5.35. The first-order valence-corrected chi connectivity index (χ1v) is 5.08. The third-order valence-electron chi connectivity index (χ3n) is 3.34. The summed E-state index contributed by atoms with van der Waals surface area (Å²) in [4.78, 5) is 0. The van der Waals surface area contributed by atoms with E-state index in [0.29, 0.717) is 0 Å². The minimum atomic E-state index is 0.853. The molecule has 0 bridgehead atoms. The molecule has 2 saturated carbocycles. The van der Waals surface area contributed by atoms with E-state index in [1.165, 1.54) is 45.1 Å². The van der Waals surface area contributed by atoms with Crippen molar-refractivity contribution in [3.8, 4) is 0 Å². The summed E-state index contributed by atoms with van der Waals surface area (Å²) < 4.78 is 0. The van der Waals surface area contributed by atoms with Crippen molar-refractivity contribution in [2.24, 2.45) is 5.41 Å². The van der Waals surface area contributed by atoms with E-state index in [2.05, 4.69) is 12.2 Å². The van der Waals surface area contributed by atoms with Gasteiger partial charge in [0.25, 0.3) is 0 Å². The van der Waals surface area contributed by atoms with E-state index in [-0.39, 0.29) is 0 Å². The molecule has 1 unspecified atom stereocenters. The summed E-state index contributed by atoms with van der Waals surface area (Å²) in [6, 6.07) is 0.873. The molecule has 0 saturated heterocycles. The number of rotatable bonds is 3. The monoisotopic (exact) mass is 153 g/mol. The Bertz CT molecular complexity index is 138. The van der Waals surface area contributed by atoms with Crippen LogP contribution in [0.1, 0.15) is 45.4 Å². The van der Waals surface area contributed by atoms with Crippen molar-refractivity contribution in [1.82, 2.24) is 5.32 Å². The predicted molar refractivity (Wildman–Crippen MR) is 47.6 cm³/mol. The molecule has 0 amide bonds. The molecule has 0 aromatic carbocycles. The van der Waals surface area contributed by atoms with Gasteiger partial charge in [0.1, 0.15) is 0 Å². The van der Waals surface area contributed by atoms with Crippen LogP contribution in [0.15, 0.2) is 0 Å². The highest BCUT2D eigenvalue weighted by atomic mass is 14.9. The van der Waals surface area contributed by atoms with E-state index in [4.69, 9.17) is 0 Å². The van der Waals surface area contributed by atoms with Gasteiger partial charge in [0.05, 0.1) is 0 Å². The molecule has 2 aliphatic rings. The lowest BCUT2D eigenvalue weighted by Gasteiger charge is -2.11. The molecule has 2 fully saturated rings. The first-order valence-electron chi connectivity index (χ1n) is 5.08. The average Bonchev–Trinajstić information content (AvgIpc) is 2.61. The van der Waals surface area contributed by atoms with Gasteiger partial charge in [-0.2, -0.15) is 0 Å². The van der Waals surface area contributed by atoms with E-state index in [1.54, 1.807) is 0 Å². The van der Waals surface area contributed by atoms with Gasteiger partial charge in [-0.1, -0.05) is 6.92 Å². The van der Waals surface area contributed by atoms with Gasteiger partial charge in [-0.15, -0.1) is 0 Å². The largest absolute Gasteiger partial charge is 0.314 e. The molecule has 0 aromatic rings. The number of hydrogen-bond donors (Lipinski definition) is 1. The van der Waals surface area contributed by atoms with Gasteiger partial charge >= 0.3 is 0 Å². The van der Waals surface area contributed by atoms with E-state index in [0.717, 1.165) is 11.5 Å². The van der Waals surface area contributed by atoms with Crippen LogP contribution in [0.3, 0.4) is 0 Å². The maximum atomic E-state index is 3.63. The summed E-state index contributed by atoms with van der Waals surface area (Å²) in [7, 11) is 0. The molecule has 1 atom stereocenters. The molecule has 0 heterocycles. The Hall–Kier alpha value is -0.0400. The van der Waals surface area contributed by atoms with Crippen molar-refractivity contribution in [2.45, 2.75) is 51.5 Å². The molecule has 1 N–H and O–H groups in total. The SMILES string of the molecule is CCCNC1CCC2(CC2)C1. The molecule has 1 nitrogen and oxygen atoms in total. The topological polar surface area (TPSA) is 12.0 Å². The summed E-state index contributed by atoms with van der Waals surface area (Å²) >= 11 is 0. The third kappa shape index (κ3) is 1.58. The zero-order valence-corrected chi connectivity index (χ0v) is 7.53. The predicted octanol–water partition coefficient (Wildman–Crippen LogP) is 2.32. The Kier molecular flexibility index (Phi) is 1.92. The molecule has 64 valence electrons. The van der Waals surface area contributed by atoms with E-state index in [9.17, 15) is 0 Å². The molecule has 0 aliphatic heterocycles. The van der Waals surface area contributed by atoms with E-state index >= 15 is 0 Å². The Labute approximate surface area is 69.6 Å². The normalized spacial score (nSPS) is 33.0. The lowest BCUT2D eigenvalue weighted by atomic mass is 10.1. The van der Waals surface area contributed by atoms with Crippen LogP contribution in [0.5, 0.6) is 0 Å². The second-order valence-corrected chi connectivity index (χ2v) is 4.39. The van der Waals surface area contributed by atoms with E-state index < -0.39 is 0 Å². The molecule has 1 spiro atoms. The molecule has 11 heavy (non-hydrogen) atoms. The third-order valence-corrected chi connectivity index (χ3v) is 3.34. The van der Waals surface area contributed by atoms with Crippen molar-refractivity contribution in [2.75, 3.05) is 6.54 Å². The second kappa shape index (κ2) is 2.78. The van der Waals surface area contributed by atoms with Crippen molar-refractivity contribution < 1.29 is 0 Å². The summed E-state index contributed by atoms with van der Waals surface area (Å²) in [5.41, 5.74) is 0.853. The quantitative estimate of drug-likeness (QED) is 0.656. The molecule has 2 aliphatic carbocycles. The van der Waals surface area contributed by atoms with Gasteiger partial charge in [0.2, 0.25) is 0 Å². The Morgan fingerprint density at radius 2 is 2.18 bits per heavy atom. The summed E-state index contributed by atoms with van der Waals surface area (Å²) in [5, 5.41) is 3.63. The number of nitrogens with one attached hydrogen (secondary N) is 1. The Morgan fingerprint density at radius 3 is 2.73 bits per heavy atom. The molecular formula is C10H19N. The lowest BCUT2D eigenvalue weighted by Crippen LogP contribution is -2.27. The van der Waals surface area contributed by atoms with Crippen molar-refractivity contribution in [1.29, 1.82) is 0 Å². The van der Waals surface area contributed by atoms with Gasteiger partial charge in [0.15, 0.2) is 0 Å². The highest BCUT2D eigenvalue weighted by Crippen LogP contribution is 2.57. The van der Waals surface area contributed by atoms with Crippen molar-refractivity contribution >= 4 is 0 Å². The van der Waals surface area contributed by atoms with Crippen LogP contribution < -0.4 is 5.32 Å². The Balaban J connectivity index is 1.72. The van der Waals surface area contributed by atoms with Crippen molar-refractivity contribution in [3.05, 3.63) is 0 Å². The van der Waals surface area contributed by atoms with Gasteiger partial charge in [-0.05, 0) is 50.5 Å². The van der Waals surface area contributed by atoms with Gasteiger partial charge in [0, 0.05) is 6.04 Å². The second-order valence-electron chi connectivity index (χ2n) is 4.39. The van der Waals surface area contributed by atoms with Crippen LogP contribution in [0.4, 0.5) is 0 Å². The zero-order valence-electron chi connectivity index (χ0n) is 7.53. The fourth-order valence-corrected chi connectivity index (χ4v) is 2.36. The van der Waals surface area contributed by atoms with Crippen LogP contribution in [-0.4, -0.2) is 12.6 Å². The smallest absolute Gasteiger partial charge is 0.00725 e. The van der Waals surface area contributed by atoms with Gasteiger partial charge in [-0.3, -0.25) is 0 Å². The lowest BCUT2D eigenvalue weighted by molar-refractivity contribution is 0.475. The standard InChI is InChI=1S/C10H19N/c1-2-7-11-9-3-4-10(8-9)5-6-10/h9,11H,2-8H2,1H3. The fourth-order valence-electron chi connectivity index (χ4n) is 2.36. The number of hydrogen-bond acceptors (Lipinski definition) is 1. The maximum absolute atomic E-state index is 3.63. The maximum Gasteiger partial charge on any atom is 0.00725 e. The first kappa shape index (κ1) is 7.60. The summed E-state index contributed by atoms with van der Waals surface area (Å²) in [6.45, 7) is 3.47. The molecule has 0 radical (unpaired) electrons. The molecule has 0 aromatic heterocycles. The highest BCUT2D eigenvalue weighted by Gasteiger charge is 2.47. The van der Waals surface area contributed by atoms with Crippen LogP contribution in [0, 0.1) is 5.41 Å². The molecule has 2 rings (SSSR count). The fraction of sp³-hybridized carbons (Fsp3) is 1.00. The summed E-state index contributed by atoms with van der Waals surface area (Å²) in [5.74, 6) is 0. The van der Waals surface area contributed by atoms with Crippen LogP contribution >= 0.6 is 0 Å². The van der Waals surface area contributed by atoms with Crippen LogP contribution in [0.25, 0.3) is 0 Å². The average molecular weight is 153 g/mol. The van der Waals surface area contributed by atoms with Gasteiger partial charge in [-0.25, -0.2) is 0 Å². The van der Waals surface area contributed by atoms with Gasteiger partial charge < -0.3 is 5.32 Å². The van der Waals surface area contributed by atoms with Crippen LogP contribution in [-0.2, 0) is 0 Å².